The van der Waals surface area contributed by atoms with Crippen molar-refractivity contribution < 1.29 is 18.7 Å². The van der Waals surface area contributed by atoms with Gasteiger partial charge >= 0.3 is 0 Å². The van der Waals surface area contributed by atoms with Crippen LogP contribution in [0.2, 0.25) is 0 Å². The Labute approximate surface area is 153 Å². The summed E-state index contributed by atoms with van der Waals surface area (Å²) < 4.78 is 17.5. The van der Waals surface area contributed by atoms with Gasteiger partial charge in [-0.15, -0.1) is 0 Å². The predicted octanol–water partition coefficient (Wildman–Crippen LogP) is 3.95. The molecular weight excluding hydrogens is 330 g/mol. The Bertz CT molecular complexity index is 752. The fourth-order valence-corrected chi connectivity index (χ4v) is 3.91. The first-order chi connectivity index (χ1) is 12.7. The van der Waals surface area contributed by atoms with Gasteiger partial charge < -0.3 is 18.8 Å². The molecule has 2 aliphatic heterocycles. The molecule has 3 heterocycles. The number of carbonyl (C=O) groups is 1. The molecule has 1 spiro atoms. The molecule has 1 aromatic heterocycles. The molecule has 4 rings (SSSR count). The van der Waals surface area contributed by atoms with Gasteiger partial charge in [-0.2, -0.15) is 0 Å². The summed E-state index contributed by atoms with van der Waals surface area (Å²) >= 11 is 0. The SMILES string of the molecule is Cc1cc(COc2ccccc2)oc1C(=O)N1CCC2(CCCO2)CC1. The number of carbonyl (C=O) groups excluding carboxylic acids is 1. The van der Waals surface area contributed by atoms with Gasteiger partial charge in [0.1, 0.15) is 18.1 Å². The van der Waals surface area contributed by atoms with Gasteiger partial charge in [-0.25, -0.2) is 0 Å². The van der Waals surface area contributed by atoms with Crippen molar-refractivity contribution in [3.8, 4) is 5.75 Å². The molecule has 5 nitrogen and oxygen atoms in total. The third kappa shape index (κ3) is 3.49. The number of hydrogen-bond acceptors (Lipinski definition) is 4. The van der Waals surface area contributed by atoms with Crippen molar-refractivity contribution >= 4 is 5.91 Å². The number of nitrogens with zero attached hydrogens (tertiary/aromatic N) is 1. The standard InChI is InChI=1S/C21H25NO4/c1-16-14-18(15-24-17-6-3-2-4-7-17)26-19(16)20(23)22-11-9-21(10-12-22)8-5-13-25-21/h2-4,6-7,14H,5,8-13,15H2,1H3. The molecule has 0 N–H and O–H groups in total. The van der Waals surface area contributed by atoms with Gasteiger partial charge in [0, 0.05) is 25.3 Å². The van der Waals surface area contributed by atoms with Crippen molar-refractivity contribution in [2.75, 3.05) is 19.7 Å². The minimum atomic E-state index is -0.0266. The van der Waals surface area contributed by atoms with Gasteiger partial charge in [0.25, 0.3) is 5.91 Å². The molecule has 5 heteroatoms. The molecule has 0 radical (unpaired) electrons. The highest BCUT2D eigenvalue weighted by Crippen LogP contribution is 2.36. The van der Waals surface area contributed by atoms with Crippen LogP contribution in [0.4, 0.5) is 0 Å². The number of furan rings is 1. The fourth-order valence-electron chi connectivity index (χ4n) is 3.91. The fraction of sp³-hybridized carbons (Fsp3) is 0.476. The summed E-state index contributed by atoms with van der Waals surface area (Å²) in [5.41, 5.74) is 0.878. The maximum Gasteiger partial charge on any atom is 0.289 e. The monoisotopic (exact) mass is 355 g/mol. The zero-order valence-corrected chi connectivity index (χ0v) is 15.2. The summed E-state index contributed by atoms with van der Waals surface area (Å²) in [7, 11) is 0. The van der Waals surface area contributed by atoms with E-state index < -0.39 is 0 Å². The number of para-hydroxylation sites is 1. The topological polar surface area (TPSA) is 51.9 Å². The molecule has 2 fully saturated rings. The average Bonchev–Trinajstić information content (AvgIpc) is 3.28. The zero-order chi connectivity index (χ0) is 18.0. The van der Waals surface area contributed by atoms with Crippen LogP contribution in [0.3, 0.4) is 0 Å². The molecule has 1 aromatic carbocycles. The summed E-state index contributed by atoms with van der Waals surface area (Å²) in [5.74, 6) is 1.86. The van der Waals surface area contributed by atoms with Crippen LogP contribution in [0, 0.1) is 6.92 Å². The smallest absolute Gasteiger partial charge is 0.289 e. The summed E-state index contributed by atoms with van der Waals surface area (Å²) in [5, 5.41) is 0. The number of likely N-dealkylation sites (tertiary alicyclic amines) is 1. The Morgan fingerprint density at radius 1 is 1.19 bits per heavy atom. The van der Waals surface area contributed by atoms with Crippen LogP contribution in [0.1, 0.15) is 47.6 Å². The summed E-state index contributed by atoms with van der Waals surface area (Å²) in [6.07, 6.45) is 4.09. The van der Waals surface area contributed by atoms with E-state index in [2.05, 4.69) is 0 Å². The van der Waals surface area contributed by atoms with Crippen molar-refractivity contribution in [3.05, 3.63) is 53.5 Å². The minimum Gasteiger partial charge on any atom is -0.486 e. The van der Waals surface area contributed by atoms with Crippen LogP contribution in [-0.2, 0) is 11.3 Å². The Hall–Kier alpha value is -2.27. The lowest BCUT2D eigenvalue weighted by Crippen LogP contribution is -2.46. The van der Waals surface area contributed by atoms with Crippen LogP contribution in [0.5, 0.6) is 5.75 Å². The van der Waals surface area contributed by atoms with E-state index in [0.29, 0.717) is 18.1 Å². The number of piperidine rings is 1. The number of aryl methyl sites for hydroxylation is 1. The number of hydrogen-bond donors (Lipinski definition) is 0. The number of rotatable bonds is 4. The molecule has 1 amide bonds. The molecule has 0 saturated carbocycles. The molecule has 0 bridgehead atoms. The van der Waals surface area contributed by atoms with E-state index in [-0.39, 0.29) is 11.5 Å². The lowest BCUT2D eigenvalue weighted by Gasteiger charge is -2.38. The number of benzene rings is 1. The largest absolute Gasteiger partial charge is 0.486 e. The van der Waals surface area contributed by atoms with Crippen LogP contribution in [0.25, 0.3) is 0 Å². The molecule has 2 aliphatic rings. The summed E-state index contributed by atoms with van der Waals surface area (Å²) in [6.45, 7) is 4.54. The first-order valence-electron chi connectivity index (χ1n) is 9.36. The van der Waals surface area contributed by atoms with Crippen molar-refractivity contribution in [1.82, 2.24) is 4.90 Å². The van der Waals surface area contributed by atoms with Crippen molar-refractivity contribution in [2.24, 2.45) is 0 Å². The van der Waals surface area contributed by atoms with Gasteiger partial charge in [-0.1, -0.05) is 18.2 Å². The van der Waals surface area contributed by atoms with E-state index in [1.807, 2.05) is 48.2 Å². The van der Waals surface area contributed by atoms with Crippen LogP contribution in [-0.4, -0.2) is 36.1 Å². The van der Waals surface area contributed by atoms with E-state index in [1.165, 1.54) is 0 Å². The van der Waals surface area contributed by atoms with Crippen molar-refractivity contribution in [3.63, 3.8) is 0 Å². The first kappa shape index (κ1) is 17.2. The Balaban J connectivity index is 1.38. The Morgan fingerprint density at radius 2 is 1.96 bits per heavy atom. The Morgan fingerprint density at radius 3 is 2.65 bits per heavy atom. The lowest BCUT2D eigenvalue weighted by atomic mass is 9.88. The summed E-state index contributed by atoms with van der Waals surface area (Å²) in [4.78, 5) is 14.8. The van der Waals surface area contributed by atoms with Gasteiger partial charge in [-0.3, -0.25) is 4.79 Å². The third-order valence-corrected chi connectivity index (χ3v) is 5.43. The van der Waals surface area contributed by atoms with E-state index in [9.17, 15) is 4.79 Å². The lowest BCUT2D eigenvalue weighted by molar-refractivity contribution is -0.0391. The summed E-state index contributed by atoms with van der Waals surface area (Å²) in [6, 6.07) is 11.5. The second-order valence-corrected chi connectivity index (χ2v) is 7.25. The highest BCUT2D eigenvalue weighted by molar-refractivity contribution is 5.93. The molecule has 0 unspecified atom stereocenters. The van der Waals surface area contributed by atoms with E-state index in [0.717, 1.165) is 56.7 Å². The Kier molecular flexibility index (Phi) is 4.72. The maximum absolute atomic E-state index is 12.9. The molecule has 0 aliphatic carbocycles. The second-order valence-electron chi connectivity index (χ2n) is 7.25. The quantitative estimate of drug-likeness (QED) is 0.833. The highest BCUT2D eigenvalue weighted by Gasteiger charge is 2.40. The van der Waals surface area contributed by atoms with E-state index in [1.54, 1.807) is 0 Å². The minimum absolute atomic E-state index is 0.0175. The van der Waals surface area contributed by atoms with Crippen LogP contribution in [0.15, 0.2) is 40.8 Å². The van der Waals surface area contributed by atoms with E-state index in [4.69, 9.17) is 13.9 Å². The average molecular weight is 355 g/mol. The molecular formula is C21H25NO4. The molecule has 26 heavy (non-hydrogen) atoms. The first-order valence-corrected chi connectivity index (χ1v) is 9.36. The van der Waals surface area contributed by atoms with E-state index >= 15 is 0 Å². The predicted molar refractivity (Wildman–Crippen MR) is 97.3 cm³/mol. The van der Waals surface area contributed by atoms with Gasteiger partial charge in [0.05, 0.1) is 5.60 Å². The highest BCUT2D eigenvalue weighted by atomic mass is 16.5. The third-order valence-electron chi connectivity index (χ3n) is 5.43. The number of amides is 1. The number of ether oxygens (including phenoxy) is 2. The molecule has 0 atom stereocenters. The van der Waals surface area contributed by atoms with Gasteiger partial charge in [0.15, 0.2) is 5.76 Å². The molecule has 2 saturated heterocycles. The molecule has 2 aromatic rings. The molecule has 138 valence electrons. The van der Waals surface area contributed by atoms with Crippen molar-refractivity contribution in [1.29, 1.82) is 0 Å². The normalized spacial score (nSPS) is 19.0. The van der Waals surface area contributed by atoms with Crippen molar-refractivity contribution in [2.45, 2.75) is 44.8 Å². The van der Waals surface area contributed by atoms with Crippen LogP contribution < -0.4 is 4.74 Å². The second kappa shape index (κ2) is 7.16. The van der Waals surface area contributed by atoms with Crippen LogP contribution >= 0.6 is 0 Å². The maximum atomic E-state index is 12.9. The van der Waals surface area contributed by atoms with Gasteiger partial charge in [0.2, 0.25) is 0 Å². The zero-order valence-electron chi connectivity index (χ0n) is 15.2. The van der Waals surface area contributed by atoms with Gasteiger partial charge in [-0.05, 0) is 50.8 Å².